The van der Waals surface area contributed by atoms with Gasteiger partial charge in [-0.05, 0) is 32.4 Å². The van der Waals surface area contributed by atoms with E-state index >= 15 is 0 Å². The lowest BCUT2D eigenvalue weighted by molar-refractivity contribution is 0.688. The second kappa shape index (κ2) is 6.47. The van der Waals surface area contributed by atoms with E-state index in [0.29, 0.717) is 11.0 Å². The zero-order valence-electron chi connectivity index (χ0n) is 10.4. The van der Waals surface area contributed by atoms with Gasteiger partial charge in [-0.25, -0.2) is 10.8 Å². The summed E-state index contributed by atoms with van der Waals surface area (Å²) in [5, 5.41) is 3.83. The molecular formula is C12H19ClN4. The van der Waals surface area contributed by atoms with Crippen LogP contribution in [0.15, 0.2) is 29.3 Å². The highest BCUT2D eigenvalue weighted by molar-refractivity contribution is 6.31. The molecule has 1 aromatic carbocycles. The molecule has 0 heterocycles. The van der Waals surface area contributed by atoms with Crippen LogP contribution in [0.3, 0.4) is 0 Å². The maximum atomic E-state index is 6.11. The molecule has 0 spiro atoms. The number of halogens is 1. The lowest BCUT2D eigenvalue weighted by atomic mass is 10.1. The Kier molecular flexibility index (Phi) is 5.25. The van der Waals surface area contributed by atoms with Crippen LogP contribution in [0.5, 0.6) is 0 Å². The minimum Gasteiger partial charge on any atom is -0.353 e. The van der Waals surface area contributed by atoms with Crippen LogP contribution in [0.2, 0.25) is 5.02 Å². The Balaban J connectivity index is 2.86. The first-order valence-corrected chi connectivity index (χ1v) is 5.97. The largest absolute Gasteiger partial charge is 0.353 e. The smallest absolute Gasteiger partial charge is 0.206 e. The average Bonchev–Trinajstić information content (AvgIpc) is 2.27. The van der Waals surface area contributed by atoms with Crippen molar-refractivity contribution in [3.05, 3.63) is 34.9 Å². The van der Waals surface area contributed by atoms with Gasteiger partial charge in [0.15, 0.2) is 0 Å². The molecule has 4 N–H and O–H groups in total. The summed E-state index contributed by atoms with van der Waals surface area (Å²) in [5.41, 5.74) is 3.53. The van der Waals surface area contributed by atoms with Gasteiger partial charge in [0.2, 0.25) is 5.96 Å². The first-order valence-electron chi connectivity index (χ1n) is 5.60. The van der Waals surface area contributed by atoms with E-state index in [0.717, 1.165) is 5.56 Å². The number of benzene rings is 1. The van der Waals surface area contributed by atoms with Gasteiger partial charge >= 0.3 is 0 Å². The number of hydrogen-bond acceptors (Lipinski definition) is 2. The number of hydrogen-bond donors (Lipinski definition) is 3. The minimum absolute atomic E-state index is 0.0546. The molecule has 0 aliphatic heterocycles. The highest BCUT2D eigenvalue weighted by Gasteiger charge is 2.09. The number of aliphatic imine (C=N–C) groups is 1. The average molecular weight is 255 g/mol. The van der Waals surface area contributed by atoms with Crippen LogP contribution >= 0.6 is 11.6 Å². The molecule has 5 heteroatoms. The summed E-state index contributed by atoms with van der Waals surface area (Å²) in [6.07, 6.45) is 0. The maximum Gasteiger partial charge on any atom is 0.206 e. The van der Waals surface area contributed by atoms with Crippen molar-refractivity contribution in [2.45, 2.75) is 32.9 Å². The summed E-state index contributed by atoms with van der Waals surface area (Å²) < 4.78 is 0. The highest BCUT2D eigenvalue weighted by Crippen LogP contribution is 2.24. The Morgan fingerprint density at radius 3 is 2.47 bits per heavy atom. The quantitative estimate of drug-likeness (QED) is 0.335. The first-order chi connectivity index (χ1) is 8.04. The summed E-state index contributed by atoms with van der Waals surface area (Å²) in [4.78, 5) is 4.45. The van der Waals surface area contributed by atoms with Crippen molar-refractivity contribution in [1.29, 1.82) is 0 Å². The van der Waals surface area contributed by atoms with Crippen LogP contribution < -0.4 is 16.6 Å². The normalized spacial score (nSPS) is 13.6. The first kappa shape index (κ1) is 13.8. The number of nitrogens with one attached hydrogen (secondary N) is 2. The van der Waals surface area contributed by atoms with Gasteiger partial charge in [-0.15, -0.1) is 0 Å². The third-order valence-corrected chi connectivity index (χ3v) is 2.58. The van der Waals surface area contributed by atoms with E-state index in [-0.39, 0.29) is 12.1 Å². The number of guanidine groups is 1. The molecule has 94 valence electrons. The summed E-state index contributed by atoms with van der Waals surface area (Å²) in [6.45, 7) is 6.01. The minimum atomic E-state index is -0.0546. The summed E-state index contributed by atoms with van der Waals surface area (Å²) in [6, 6.07) is 7.87. The fourth-order valence-corrected chi connectivity index (χ4v) is 1.76. The van der Waals surface area contributed by atoms with E-state index in [1.165, 1.54) is 0 Å². The van der Waals surface area contributed by atoms with Crippen LogP contribution in [0.4, 0.5) is 0 Å². The number of nitrogens with zero attached hydrogens (tertiary/aromatic N) is 1. The Morgan fingerprint density at radius 1 is 1.29 bits per heavy atom. The Bertz CT molecular complexity index is 390. The molecule has 0 bridgehead atoms. The number of nitrogens with two attached hydrogens (primary N) is 1. The van der Waals surface area contributed by atoms with Crippen molar-refractivity contribution in [3.63, 3.8) is 0 Å². The molecule has 1 unspecified atom stereocenters. The van der Waals surface area contributed by atoms with E-state index in [1.54, 1.807) is 0 Å². The van der Waals surface area contributed by atoms with Crippen molar-refractivity contribution in [1.82, 2.24) is 10.7 Å². The van der Waals surface area contributed by atoms with E-state index in [9.17, 15) is 0 Å². The molecule has 0 amide bonds. The standard InChI is InChI=1S/C12H19ClN4/c1-8(2)15-12(17-14)16-9(3)10-6-4-5-7-11(10)13/h4-9H,14H2,1-3H3,(H2,15,16,17). The molecule has 0 saturated carbocycles. The van der Waals surface area contributed by atoms with Gasteiger partial charge in [0, 0.05) is 11.1 Å². The topological polar surface area (TPSA) is 62.4 Å². The van der Waals surface area contributed by atoms with Gasteiger partial charge in [-0.3, -0.25) is 5.43 Å². The van der Waals surface area contributed by atoms with Gasteiger partial charge in [0.05, 0.1) is 6.04 Å². The molecule has 0 aliphatic rings. The van der Waals surface area contributed by atoms with Crippen LogP contribution in [-0.4, -0.2) is 12.0 Å². The predicted octanol–water partition coefficient (Wildman–Crippen LogP) is 2.22. The number of rotatable bonds is 3. The molecule has 17 heavy (non-hydrogen) atoms. The van der Waals surface area contributed by atoms with E-state index in [1.807, 2.05) is 45.0 Å². The zero-order valence-corrected chi connectivity index (χ0v) is 11.1. The van der Waals surface area contributed by atoms with Gasteiger partial charge < -0.3 is 5.32 Å². The van der Waals surface area contributed by atoms with Crippen molar-refractivity contribution in [2.75, 3.05) is 0 Å². The maximum absolute atomic E-state index is 6.11. The van der Waals surface area contributed by atoms with Gasteiger partial charge in [0.1, 0.15) is 0 Å². The molecule has 1 aromatic rings. The lowest BCUT2D eigenvalue weighted by Gasteiger charge is -2.15. The molecule has 0 saturated heterocycles. The second-order valence-corrected chi connectivity index (χ2v) is 4.53. The molecule has 1 rings (SSSR count). The second-order valence-electron chi connectivity index (χ2n) is 4.12. The Labute approximate surface area is 107 Å². The molecular weight excluding hydrogens is 236 g/mol. The van der Waals surface area contributed by atoms with E-state index in [2.05, 4.69) is 15.7 Å². The molecule has 0 aromatic heterocycles. The SMILES string of the molecule is CC(C)NC(=NC(C)c1ccccc1Cl)NN. The van der Waals surface area contributed by atoms with Crippen molar-refractivity contribution in [2.24, 2.45) is 10.8 Å². The Hall–Kier alpha value is -1.26. The fourth-order valence-electron chi connectivity index (χ4n) is 1.47. The number of hydrazine groups is 1. The van der Waals surface area contributed by atoms with E-state index < -0.39 is 0 Å². The highest BCUT2D eigenvalue weighted by atomic mass is 35.5. The molecule has 4 nitrogen and oxygen atoms in total. The summed E-state index contributed by atoms with van der Waals surface area (Å²) in [5.74, 6) is 5.97. The molecule has 0 fully saturated rings. The van der Waals surface area contributed by atoms with Crippen molar-refractivity contribution < 1.29 is 0 Å². The lowest BCUT2D eigenvalue weighted by Crippen LogP contribution is -2.44. The summed E-state index contributed by atoms with van der Waals surface area (Å²) >= 11 is 6.11. The van der Waals surface area contributed by atoms with E-state index in [4.69, 9.17) is 17.4 Å². The third kappa shape index (κ3) is 4.24. The predicted molar refractivity (Wildman–Crippen MR) is 72.9 cm³/mol. The van der Waals surface area contributed by atoms with Crippen LogP contribution in [-0.2, 0) is 0 Å². The van der Waals surface area contributed by atoms with Crippen LogP contribution in [0.1, 0.15) is 32.4 Å². The molecule has 0 radical (unpaired) electrons. The van der Waals surface area contributed by atoms with Crippen LogP contribution in [0.25, 0.3) is 0 Å². The van der Waals surface area contributed by atoms with Crippen LogP contribution in [0, 0.1) is 0 Å². The monoisotopic (exact) mass is 254 g/mol. The Morgan fingerprint density at radius 2 is 1.94 bits per heavy atom. The van der Waals surface area contributed by atoms with Gasteiger partial charge in [0.25, 0.3) is 0 Å². The third-order valence-electron chi connectivity index (χ3n) is 2.24. The molecule has 0 aliphatic carbocycles. The van der Waals surface area contributed by atoms with Crippen molar-refractivity contribution >= 4 is 17.6 Å². The van der Waals surface area contributed by atoms with Gasteiger partial charge in [-0.1, -0.05) is 29.8 Å². The molecule has 1 atom stereocenters. The zero-order chi connectivity index (χ0) is 12.8. The van der Waals surface area contributed by atoms with Gasteiger partial charge in [-0.2, -0.15) is 0 Å². The summed E-state index contributed by atoms with van der Waals surface area (Å²) in [7, 11) is 0. The fraction of sp³-hybridized carbons (Fsp3) is 0.417. The van der Waals surface area contributed by atoms with Crippen molar-refractivity contribution in [3.8, 4) is 0 Å².